The van der Waals surface area contributed by atoms with Crippen LogP contribution in [0, 0.1) is 0 Å². The van der Waals surface area contributed by atoms with Gasteiger partial charge in [-0.3, -0.25) is 9.52 Å². The normalized spacial score (nSPS) is 11.5. The first-order chi connectivity index (χ1) is 18.5. The fourth-order valence-corrected chi connectivity index (χ4v) is 6.38. The first-order valence-electron chi connectivity index (χ1n) is 12.2. The molecule has 208 valence electrons. The minimum atomic E-state index is -4.04. The predicted molar refractivity (Wildman–Crippen MR) is 149 cm³/mol. The fraction of sp³-hybridized carbons (Fsp3) is 0.259. The summed E-state index contributed by atoms with van der Waals surface area (Å²) in [4.78, 5) is 25.1. The van der Waals surface area contributed by atoms with Gasteiger partial charge in [-0.25, -0.2) is 21.6 Å². The minimum Gasteiger partial charge on any atom is -0.411 e. The van der Waals surface area contributed by atoms with E-state index < -0.39 is 43.5 Å². The van der Waals surface area contributed by atoms with Gasteiger partial charge in [0.1, 0.15) is 11.6 Å². The van der Waals surface area contributed by atoms with Gasteiger partial charge in [-0.1, -0.05) is 60.7 Å². The number of carbonyl (C=O) groups is 2. The lowest BCUT2D eigenvalue weighted by atomic mass is 10.1. The maximum atomic E-state index is 13.1. The van der Waals surface area contributed by atoms with E-state index in [0.29, 0.717) is 18.4 Å². The van der Waals surface area contributed by atoms with Crippen LogP contribution in [0.4, 0.5) is 10.5 Å². The smallest absolute Gasteiger partial charge is 0.409 e. The lowest BCUT2D eigenvalue weighted by molar-refractivity contribution is -0.130. The molecular formula is C27H31N3O7S2. The summed E-state index contributed by atoms with van der Waals surface area (Å²) in [5.41, 5.74) is 6.81. The Morgan fingerprint density at radius 1 is 0.821 bits per heavy atom. The van der Waals surface area contributed by atoms with E-state index in [1.54, 1.807) is 30.3 Å². The third-order valence-corrected chi connectivity index (χ3v) is 8.41. The standard InChI is InChI=1S/C27H31N3O7S2/c28-27(32)37-25-15-13-24(14-16-25)29-39(35,36)21-30(18-7-12-22-8-3-1-4-9-22)26(31)17-19-38(33,34)20-23-10-5-2-6-11-23/h1-6,8-11,13-16,29H,7,12,17-21H2,(H2,28,32). The number of hydrogen-bond acceptors (Lipinski definition) is 7. The zero-order chi connectivity index (χ0) is 28.3. The summed E-state index contributed by atoms with van der Waals surface area (Å²) >= 11 is 0. The molecule has 10 nitrogen and oxygen atoms in total. The predicted octanol–water partition coefficient (Wildman–Crippen LogP) is 3.31. The zero-order valence-electron chi connectivity index (χ0n) is 21.2. The lowest BCUT2D eigenvalue weighted by Gasteiger charge is -2.23. The minimum absolute atomic E-state index is 0.124. The molecule has 0 saturated heterocycles. The van der Waals surface area contributed by atoms with Crippen LogP contribution in [0.1, 0.15) is 24.0 Å². The number of primary amides is 1. The third kappa shape index (κ3) is 10.8. The van der Waals surface area contributed by atoms with E-state index in [2.05, 4.69) is 4.72 Å². The summed E-state index contributed by atoms with van der Waals surface area (Å²) in [5, 5.41) is 0. The third-order valence-electron chi connectivity index (χ3n) is 5.62. The second-order valence-electron chi connectivity index (χ2n) is 8.87. The molecule has 2 amide bonds. The molecule has 0 atom stereocenters. The lowest BCUT2D eigenvalue weighted by Crippen LogP contribution is -2.39. The molecule has 39 heavy (non-hydrogen) atoms. The topological polar surface area (TPSA) is 153 Å². The molecule has 12 heteroatoms. The van der Waals surface area contributed by atoms with Gasteiger partial charge < -0.3 is 15.4 Å². The molecule has 3 aromatic rings. The van der Waals surface area contributed by atoms with E-state index in [0.717, 1.165) is 10.5 Å². The highest BCUT2D eigenvalue weighted by molar-refractivity contribution is 7.92. The molecule has 3 N–H and O–H groups in total. The van der Waals surface area contributed by atoms with E-state index in [9.17, 15) is 26.4 Å². The van der Waals surface area contributed by atoms with Crippen molar-refractivity contribution < 1.29 is 31.2 Å². The van der Waals surface area contributed by atoms with Crippen molar-refractivity contribution in [3.63, 3.8) is 0 Å². The number of aryl methyl sites for hydroxylation is 1. The van der Waals surface area contributed by atoms with Crippen LogP contribution in [-0.4, -0.2) is 51.9 Å². The molecule has 0 heterocycles. The Labute approximate surface area is 228 Å². The molecular weight excluding hydrogens is 542 g/mol. The van der Waals surface area contributed by atoms with Crippen molar-refractivity contribution in [1.82, 2.24) is 4.90 Å². The second-order valence-corrected chi connectivity index (χ2v) is 12.7. The molecule has 0 aromatic heterocycles. The summed E-state index contributed by atoms with van der Waals surface area (Å²) in [6.07, 6.45) is -0.235. The van der Waals surface area contributed by atoms with Crippen molar-refractivity contribution in [2.45, 2.75) is 25.0 Å². The number of benzene rings is 3. The van der Waals surface area contributed by atoms with Gasteiger partial charge >= 0.3 is 6.09 Å². The van der Waals surface area contributed by atoms with E-state index in [-0.39, 0.29) is 30.2 Å². The fourth-order valence-electron chi connectivity index (χ4n) is 3.81. The van der Waals surface area contributed by atoms with Gasteiger partial charge in [0.05, 0.1) is 11.5 Å². The van der Waals surface area contributed by atoms with E-state index in [1.807, 2.05) is 30.3 Å². The maximum absolute atomic E-state index is 13.1. The number of sulfone groups is 1. The van der Waals surface area contributed by atoms with Crippen LogP contribution in [0.25, 0.3) is 0 Å². The first kappa shape index (κ1) is 29.7. The molecule has 0 bridgehead atoms. The Bertz CT molecular complexity index is 1450. The highest BCUT2D eigenvalue weighted by Crippen LogP contribution is 2.18. The van der Waals surface area contributed by atoms with Gasteiger partial charge in [-0.05, 0) is 48.2 Å². The van der Waals surface area contributed by atoms with Crippen LogP contribution in [0.2, 0.25) is 0 Å². The average Bonchev–Trinajstić information content (AvgIpc) is 2.88. The Morgan fingerprint density at radius 2 is 1.41 bits per heavy atom. The highest BCUT2D eigenvalue weighted by Gasteiger charge is 2.23. The molecule has 0 fully saturated rings. The molecule has 0 aliphatic rings. The number of nitrogens with two attached hydrogens (primary N) is 1. The quantitative estimate of drug-likeness (QED) is 0.300. The summed E-state index contributed by atoms with van der Waals surface area (Å²) in [5.74, 6) is -1.69. The van der Waals surface area contributed by atoms with Gasteiger partial charge in [0, 0.05) is 18.7 Å². The van der Waals surface area contributed by atoms with Crippen LogP contribution in [0.15, 0.2) is 84.9 Å². The maximum Gasteiger partial charge on any atom is 0.409 e. The van der Waals surface area contributed by atoms with Crippen LogP contribution in [0.5, 0.6) is 5.75 Å². The van der Waals surface area contributed by atoms with E-state index >= 15 is 0 Å². The van der Waals surface area contributed by atoms with Crippen molar-refractivity contribution in [2.24, 2.45) is 5.73 Å². The monoisotopic (exact) mass is 573 g/mol. The molecule has 0 unspecified atom stereocenters. The second kappa shape index (κ2) is 13.8. The highest BCUT2D eigenvalue weighted by atomic mass is 32.2. The summed E-state index contributed by atoms with van der Waals surface area (Å²) in [6, 6.07) is 23.7. The zero-order valence-corrected chi connectivity index (χ0v) is 22.9. The Balaban J connectivity index is 1.66. The summed E-state index contributed by atoms with van der Waals surface area (Å²) < 4.78 is 58.2. The van der Waals surface area contributed by atoms with Gasteiger partial charge in [-0.15, -0.1) is 0 Å². The van der Waals surface area contributed by atoms with Crippen LogP contribution < -0.4 is 15.2 Å². The number of ether oxygens (including phenoxy) is 1. The SMILES string of the molecule is NC(=O)Oc1ccc(NS(=O)(=O)CN(CCCc2ccccc2)C(=O)CCS(=O)(=O)Cc2ccccc2)cc1. The summed E-state index contributed by atoms with van der Waals surface area (Å²) in [6.45, 7) is 0.124. The van der Waals surface area contributed by atoms with E-state index in [1.165, 1.54) is 24.3 Å². The van der Waals surface area contributed by atoms with E-state index in [4.69, 9.17) is 10.5 Å². The number of nitrogens with one attached hydrogen (secondary N) is 1. The van der Waals surface area contributed by atoms with Gasteiger partial charge in [0.15, 0.2) is 9.84 Å². The first-order valence-corrected chi connectivity index (χ1v) is 15.6. The largest absolute Gasteiger partial charge is 0.411 e. The van der Waals surface area contributed by atoms with Crippen molar-refractivity contribution in [1.29, 1.82) is 0 Å². The molecule has 0 saturated carbocycles. The molecule has 0 aliphatic heterocycles. The van der Waals surface area contributed by atoms with Crippen molar-refractivity contribution >= 4 is 37.5 Å². The van der Waals surface area contributed by atoms with Gasteiger partial charge in [-0.2, -0.15) is 0 Å². The average molecular weight is 574 g/mol. The van der Waals surface area contributed by atoms with Crippen LogP contribution >= 0.6 is 0 Å². The summed E-state index contributed by atoms with van der Waals surface area (Å²) in [7, 11) is -7.63. The number of anilines is 1. The Hall–Kier alpha value is -3.90. The van der Waals surface area contributed by atoms with Gasteiger partial charge in [0.2, 0.25) is 5.91 Å². The molecule has 0 radical (unpaired) electrons. The molecule has 3 rings (SSSR count). The Kier molecular flexibility index (Phi) is 10.5. The van der Waals surface area contributed by atoms with Crippen molar-refractivity contribution in [3.05, 3.63) is 96.1 Å². The van der Waals surface area contributed by atoms with Crippen molar-refractivity contribution in [2.75, 3.05) is 22.9 Å². The molecule has 0 aliphatic carbocycles. The number of hydrogen-bond donors (Lipinski definition) is 2. The molecule has 3 aromatic carbocycles. The molecule has 0 spiro atoms. The number of nitrogens with zero attached hydrogens (tertiary/aromatic N) is 1. The van der Waals surface area contributed by atoms with Crippen LogP contribution in [0.3, 0.4) is 0 Å². The number of carbonyl (C=O) groups excluding carboxylic acids is 2. The number of rotatable bonds is 14. The Morgan fingerprint density at radius 3 is 2.00 bits per heavy atom. The number of sulfonamides is 1. The van der Waals surface area contributed by atoms with Crippen LogP contribution in [-0.2, 0) is 36.8 Å². The van der Waals surface area contributed by atoms with Crippen molar-refractivity contribution in [3.8, 4) is 5.75 Å². The van der Waals surface area contributed by atoms with Gasteiger partial charge in [0.25, 0.3) is 10.0 Å². The number of amides is 2.